The van der Waals surface area contributed by atoms with Crippen LogP contribution < -0.4 is 21.6 Å². The van der Waals surface area contributed by atoms with Crippen molar-refractivity contribution in [3.8, 4) is 6.07 Å². The maximum absolute atomic E-state index is 13.9. The van der Waals surface area contributed by atoms with E-state index in [1.807, 2.05) is 23.3 Å². The number of nitrogens with zero attached hydrogens (tertiary/aromatic N) is 3. The minimum absolute atomic E-state index is 0.337. The first-order chi connectivity index (χ1) is 20.4. The number of fused-ring (bicyclic) bond motifs is 1. The summed E-state index contributed by atoms with van der Waals surface area (Å²) >= 11 is 6.87. The molecule has 0 spiro atoms. The second-order valence-electron chi connectivity index (χ2n) is 13.0. The third-order valence-electron chi connectivity index (χ3n) is 10.2. The van der Waals surface area contributed by atoms with Crippen LogP contribution in [0.3, 0.4) is 0 Å². The van der Waals surface area contributed by atoms with Crippen LogP contribution in [0.15, 0.2) is 54.5 Å². The van der Waals surface area contributed by atoms with Gasteiger partial charge in [0.25, 0.3) is 0 Å². The molecule has 212 valence electrons. The van der Waals surface area contributed by atoms with E-state index in [-0.39, 0.29) is 5.82 Å². The summed E-state index contributed by atoms with van der Waals surface area (Å²) in [5.41, 5.74) is 9.13. The van der Waals surface area contributed by atoms with Gasteiger partial charge in [0.15, 0.2) is 0 Å². The molecule has 5 saturated carbocycles. The average molecular weight is 580 g/mol. The van der Waals surface area contributed by atoms with Gasteiger partial charge < -0.3 is 16.1 Å². The Balaban J connectivity index is 1.19. The average Bonchev–Trinajstić information content (AvgIpc) is 3.70. The van der Waals surface area contributed by atoms with Crippen molar-refractivity contribution < 1.29 is 4.39 Å². The lowest BCUT2D eigenvalue weighted by atomic mass is 9.54. The molecule has 7 nitrogen and oxygen atoms in total. The molecule has 5 aliphatic carbocycles. The Morgan fingerprint density at radius 3 is 2.45 bits per heavy atom. The van der Waals surface area contributed by atoms with E-state index >= 15 is 0 Å². The fourth-order valence-electron chi connectivity index (χ4n) is 8.21. The molecular formula is C32H32BClFN7. The standard InChI is InChI=1S/C32H32BClFN7/c33-32(22-1-3-23(35)4-2-22,28-16-42(41-40-28)25-5-6-25)39-24-12-26-30(21(14-36)15-37-31(26)27(34)13-24)38-29-19-8-17-7-18(10-19)11-20(29)9-17/h1-4,12-13,15-20,25,29,39-41H,5-11H2,(H,37,38). The zero-order valence-electron chi connectivity index (χ0n) is 23.2. The predicted octanol–water partition coefficient (Wildman–Crippen LogP) is 5.90. The second kappa shape index (κ2) is 9.79. The number of hydrazine groups is 2. The molecule has 1 unspecified atom stereocenters. The summed E-state index contributed by atoms with van der Waals surface area (Å²) in [6.45, 7) is 0. The molecule has 4 N–H and O–H groups in total. The topological polar surface area (TPSA) is 88.0 Å². The van der Waals surface area contributed by atoms with Gasteiger partial charge in [0.1, 0.15) is 19.7 Å². The van der Waals surface area contributed by atoms with E-state index in [0.717, 1.165) is 35.8 Å². The van der Waals surface area contributed by atoms with Crippen LogP contribution in [0.2, 0.25) is 5.02 Å². The predicted molar refractivity (Wildman–Crippen MR) is 163 cm³/mol. The van der Waals surface area contributed by atoms with E-state index in [9.17, 15) is 9.65 Å². The highest BCUT2D eigenvalue weighted by atomic mass is 35.5. The third-order valence-corrected chi connectivity index (χ3v) is 10.5. The Bertz CT molecular complexity index is 1610. The number of nitrogens with one attached hydrogen (secondary N) is 4. The number of hydrogen-bond donors (Lipinski definition) is 4. The fraction of sp³-hybridized carbons (Fsp3) is 0.438. The quantitative estimate of drug-likeness (QED) is 0.259. The van der Waals surface area contributed by atoms with Crippen LogP contribution in [0.4, 0.5) is 15.8 Å². The molecule has 42 heavy (non-hydrogen) atoms. The molecule has 2 aromatic carbocycles. The largest absolute Gasteiger partial charge is 0.380 e. The first-order valence-corrected chi connectivity index (χ1v) is 15.4. The Kier molecular flexibility index (Phi) is 6.10. The lowest BCUT2D eigenvalue weighted by Crippen LogP contribution is -2.51. The van der Waals surface area contributed by atoms with Gasteiger partial charge in [0, 0.05) is 35.6 Å². The van der Waals surface area contributed by atoms with Crippen molar-refractivity contribution in [2.24, 2.45) is 23.7 Å². The monoisotopic (exact) mass is 579 g/mol. The van der Waals surface area contributed by atoms with Crippen LogP contribution in [-0.2, 0) is 5.44 Å². The number of halogens is 2. The van der Waals surface area contributed by atoms with Crippen LogP contribution in [0.25, 0.3) is 10.9 Å². The van der Waals surface area contributed by atoms with Gasteiger partial charge in [-0.05, 0) is 98.4 Å². The van der Waals surface area contributed by atoms with Crippen molar-refractivity contribution >= 4 is 41.7 Å². The number of nitriles is 1. The van der Waals surface area contributed by atoms with Gasteiger partial charge in [0.2, 0.25) is 0 Å². The molecule has 6 aliphatic rings. The number of anilines is 2. The molecule has 2 radical (unpaired) electrons. The van der Waals surface area contributed by atoms with Gasteiger partial charge in [0.05, 0.1) is 32.9 Å². The van der Waals surface area contributed by atoms with E-state index < -0.39 is 5.44 Å². The zero-order chi connectivity index (χ0) is 28.6. The van der Waals surface area contributed by atoms with E-state index in [2.05, 4.69) is 32.6 Å². The highest BCUT2D eigenvalue weighted by Gasteiger charge is 2.48. The summed E-state index contributed by atoms with van der Waals surface area (Å²) in [7, 11) is 7.15. The normalized spacial score (nSPS) is 29.1. The molecule has 5 fully saturated rings. The van der Waals surface area contributed by atoms with Gasteiger partial charge in [-0.3, -0.25) is 9.99 Å². The van der Waals surface area contributed by atoms with Gasteiger partial charge >= 0.3 is 0 Å². The summed E-state index contributed by atoms with van der Waals surface area (Å²) in [5.74, 6) is 2.63. The summed E-state index contributed by atoms with van der Waals surface area (Å²) in [4.78, 5) is 4.58. The van der Waals surface area contributed by atoms with E-state index in [0.29, 0.717) is 57.0 Å². The van der Waals surface area contributed by atoms with Gasteiger partial charge in [-0.25, -0.2) is 4.39 Å². The lowest BCUT2D eigenvalue weighted by molar-refractivity contribution is 0.00757. The first kappa shape index (κ1) is 26.2. The molecule has 1 aromatic heterocycles. The van der Waals surface area contributed by atoms with E-state index in [1.165, 1.54) is 44.2 Å². The highest BCUT2D eigenvalue weighted by Crippen LogP contribution is 2.54. The van der Waals surface area contributed by atoms with Crippen LogP contribution in [-0.4, -0.2) is 29.9 Å². The van der Waals surface area contributed by atoms with Crippen LogP contribution in [0, 0.1) is 40.8 Å². The second-order valence-corrected chi connectivity index (χ2v) is 13.4. The van der Waals surface area contributed by atoms with Gasteiger partial charge in [-0.2, -0.15) is 5.26 Å². The molecule has 3 aromatic rings. The lowest BCUT2D eigenvalue weighted by Gasteiger charge is -2.54. The highest BCUT2D eigenvalue weighted by molar-refractivity contribution is 6.36. The SMILES string of the molecule is [B]C(Nc1cc(Cl)c2ncc(C#N)c(NC3C4CC5CC(C4)CC3C5)c2c1)(C1=CN(C2CC2)NN1)c1ccc(F)cc1. The molecule has 1 atom stereocenters. The molecule has 0 amide bonds. The fourth-order valence-corrected chi connectivity index (χ4v) is 8.48. The Hall–Kier alpha value is -3.48. The van der Waals surface area contributed by atoms with Crippen LogP contribution >= 0.6 is 11.6 Å². The number of aromatic nitrogens is 1. The summed E-state index contributed by atoms with van der Waals surface area (Å²) < 4.78 is 13.9. The summed E-state index contributed by atoms with van der Waals surface area (Å²) in [6, 6.07) is 13.1. The number of hydrogen-bond acceptors (Lipinski definition) is 7. The molecular weight excluding hydrogens is 548 g/mol. The van der Waals surface area contributed by atoms with Crippen molar-refractivity contribution in [2.45, 2.75) is 62.5 Å². The van der Waals surface area contributed by atoms with Crippen molar-refractivity contribution in [1.82, 2.24) is 21.0 Å². The maximum Gasteiger partial charge on any atom is 0.123 e. The molecule has 10 heteroatoms. The maximum atomic E-state index is 13.9. The van der Waals surface area contributed by atoms with Gasteiger partial charge in [-0.15, -0.1) is 5.53 Å². The first-order valence-electron chi connectivity index (χ1n) is 15.0. The van der Waals surface area contributed by atoms with Crippen molar-refractivity contribution in [2.75, 3.05) is 10.6 Å². The zero-order valence-corrected chi connectivity index (χ0v) is 24.0. The van der Waals surface area contributed by atoms with Crippen molar-refractivity contribution in [1.29, 1.82) is 5.26 Å². The van der Waals surface area contributed by atoms with Gasteiger partial charge in [-0.1, -0.05) is 23.7 Å². The number of pyridine rings is 1. The minimum atomic E-state index is -1.24. The number of rotatable bonds is 7. The molecule has 2 heterocycles. The van der Waals surface area contributed by atoms with Crippen LogP contribution in [0.1, 0.15) is 56.1 Å². The van der Waals surface area contributed by atoms with Crippen molar-refractivity contribution in [3.63, 3.8) is 0 Å². The molecule has 9 rings (SSSR count). The Morgan fingerprint density at radius 1 is 1.07 bits per heavy atom. The summed E-state index contributed by atoms with van der Waals surface area (Å²) in [5, 5.41) is 20.7. The van der Waals surface area contributed by atoms with Crippen molar-refractivity contribution in [3.05, 3.63) is 76.5 Å². The third kappa shape index (κ3) is 4.39. The molecule has 0 saturated heterocycles. The van der Waals surface area contributed by atoms with E-state index in [4.69, 9.17) is 19.4 Å². The Morgan fingerprint density at radius 2 is 1.79 bits per heavy atom. The van der Waals surface area contributed by atoms with Crippen LogP contribution in [0.5, 0.6) is 0 Å². The molecule has 1 aliphatic heterocycles. The number of benzene rings is 2. The Labute approximate surface area is 251 Å². The van der Waals surface area contributed by atoms with E-state index in [1.54, 1.807) is 18.3 Å². The smallest absolute Gasteiger partial charge is 0.123 e. The summed E-state index contributed by atoms with van der Waals surface area (Å²) in [6.07, 6.45) is 12.3. The molecule has 4 bridgehead atoms. The minimum Gasteiger partial charge on any atom is -0.380 e.